The molecule has 0 fully saturated rings. The van der Waals surface area contributed by atoms with Crippen LogP contribution in [0.1, 0.15) is 23.6 Å². The van der Waals surface area contributed by atoms with Crippen LogP contribution in [0.25, 0.3) is 0 Å². The maximum Gasteiger partial charge on any atom is 0.123 e. The summed E-state index contributed by atoms with van der Waals surface area (Å²) in [7, 11) is 2.14. The standard InChI is InChI=1S/C19H23NO2/c1-14(19-11-17-5-3-4-6-18(17)22-19)20(2)12-15-7-9-16(13-21)10-8-15/h3-10,14,19,21H,11-13H2,1-2H3. The number of benzene rings is 2. The SMILES string of the molecule is CC(C1Cc2ccccc2O1)N(C)Cc1ccc(CO)cc1. The van der Waals surface area contributed by atoms with Crippen LogP contribution >= 0.6 is 0 Å². The van der Waals surface area contributed by atoms with E-state index in [-0.39, 0.29) is 12.7 Å². The summed E-state index contributed by atoms with van der Waals surface area (Å²) in [5.41, 5.74) is 3.51. The molecule has 1 N–H and O–H groups in total. The molecule has 0 bridgehead atoms. The van der Waals surface area contributed by atoms with Gasteiger partial charge in [-0.3, -0.25) is 4.90 Å². The Balaban J connectivity index is 1.61. The summed E-state index contributed by atoms with van der Waals surface area (Å²) in [6.45, 7) is 3.20. The molecule has 1 heterocycles. The van der Waals surface area contributed by atoms with Crippen molar-refractivity contribution in [3.8, 4) is 5.75 Å². The average molecular weight is 297 g/mol. The van der Waals surface area contributed by atoms with Gasteiger partial charge in [0.1, 0.15) is 11.9 Å². The number of rotatable bonds is 5. The van der Waals surface area contributed by atoms with Gasteiger partial charge in [0.05, 0.1) is 6.61 Å². The molecule has 3 rings (SSSR count). The van der Waals surface area contributed by atoms with Crippen molar-refractivity contribution in [2.45, 2.75) is 38.6 Å². The van der Waals surface area contributed by atoms with Gasteiger partial charge in [0.15, 0.2) is 0 Å². The number of aliphatic hydroxyl groups is 1. The van der Waals surface area contributed by atoms with E-state index < -0.39 is 0 Å². The predicted octanol–water partition coefficient (Wildman–Crippen LogP) is 3.00. The van der Waals surface area contributed by atoms with E-state index in [0.717, 1.165) is 24.3 Å². The zero-order valence-corrected chi connectivity index (χ0v) is 13.2. The van der Waals surface area contributed by atoms with Gasteiger partial charge in [-0.15, -0.1) is 0 Å². The fraction of sp³-hybridized carbons (Fsp3) is 0.368. The number of nitrogens with zero attached hydrogens (tertiary/aromatic N) is 1. The third kappa shape index (κ3) is 3.16. The Labute approximate surface area is 132 Å². The lowest BCUT2D eigenvalue weighted by Crippen LogP contribution is -2.41. The van der Waals surface area contributed by atoms with Crippen LogP contribution in [-0.2, 0) is 19.6 Å². The minimum absolute atomic E-state index is 0.0979. The molecule has 0 aliphatic carbocycles. The van der Waals surface area contributed by atoms with E-state index in [1.807, 2.05) is 18.2 Å². The molecular formula is C19H23NO2. The Morgan fingerprint density at radius 3 is 2.50 bits per heavy atom. The van der Waals surface area contributed by atoms with Gasteiger partial charge in [0.2, 0.25) is 0 Å². The van der Waals surface area contributed by atoms with E-state index in [4.69, 9.17) is 9.84 Å². The second-order valence-corrected chi connectivity index (χ2v) is 6.10. The molecular weight excluding hydrogens is 274 g/mol. The van der Waals surface area contributed by atoms with Crippen molar-refractivity contribution in [2.24, 2.45) is 0 Å². The van der Waals surface area contributed by atoms with Gasteiger partial charge in [-0.2, -0.15) is 0 Å². The first-order valence-electron chi connectivity index (χ1n) is 7.81. The Kier molecular flexibility index (Phi) is 4.46. The monoisotopic (exact) mass is 297 g/mol. The molecule has 0 saturated heterocycles. The molecule has 0 saturated carbocycles. The molecule has 22 heavy (non-hydrogen) atoms. The molecule has 3 heteroatoms. The lowest BCUT2D eigenvalue weighted by atomic mass is 10.0. The lowest BCUT2D eigenvalue weighted by molar-refractivity contribution is 0.105. The molecule has 0 aromatic heterocycles. The first kappa shape index (κ1) is 15.1. The zero-order chi connectivity index (χ0) is 15.5. The van der Waals surface area contributed by atoms with Gasteiger partial charge in [0, 0.05) is 19.0 Å². The molecule has 0 radical (unpaired) electrons. The molecule has 0 spiro atoms. The number of ether oxygens (including phenoxy) is 1. The fourth-order valence-electron chi connectivity index (χ4n) is 2.94. The highest BCUT2D eigenvalue weighted by Gasteiger charge is 2.29. The molecule has 1 aliphatic heterocycles. The van der Waals surface area contributed by atoms with Crippen LogP contribution in [0.5, 0.6) is 5.75 Å². The predicted molar refractivity (Wildman–Crippen MR) is 87.9 cm³/mol. The maximum atomic E-state index is 9.10. The van der Waals surface area contributed by atoms with Crippen LogP contribution in [0.2, 0.25) is 0 Å². The number of para-hydroxylation sites is 1. The Morgan fingerprint density at radius 2 is 1.82 bits per heavy atom. The summed E-state index contributed by atoms with van der Waals surface area (Å²) in [6.07, 6.45) is 1.18. The first-order chi connectivity index (χ1) is 10.7. The number of likely N-dealkylation sites (N-methyl/N-ethyl adjacent to an activating group) is 1. The minimum Gasteiger partial charge on any atom is -0.488 e. The topological polar surface area (TPSA) is 32.7 Å². The highest BCUT2D eigenvalue weighted by atomic mass is 16.5. The van der Waals surface area contributed by atoms with Gasteiger partial charge in [-0.25, -0.2) is 0 Å². The summed E-state index contributed by atoms with van der Waals surface area (Å²) in [4.78, 5) is 2.32. The van der Waals surface area contributed by atoms with E-state index in [2.05, 4.69) is 49.2 Å². The van der Waals surface area contributed by atoms with E-state index in [0.29, 0.717) is 6.04 Å². The first-order valence-corrected chi connectivity index (χ1v) is 7.81. The largest absolute Gasteiger partial charge is 0.488 e. The van der Waals surface area contributed by atoms with E-state index in [1.165, 1.54) is 11.1 Å². The van der Waals surface area contributed by atoms with Gasteiger partial charge < -0.3 is 9.84 Å². The van der Waals surface area contributed by atoms with Crippen LogP contribution in [0.3, 0.4) is 0 Å². The summed E-state index contributed by atoms with van der Waals surface area (Å²) >= 11 is 0. The Hall–Kier alpha value is -1.84. The zero-order valence-electron chi connectivity index (χ0n) is 13.2. The molecule has 2 aromatic carbocycles. The summed E-state index contributed by atoms with van der Waals surface area (Å²) in [6, 6.07) is 16.8. The van der Waals surface area contributed by atoms with Crippen LogP contribution in [0, 0.1) is 0 Å². The molecule has 0 amide bonds. The van der Waals surface area contributed by atoms with Crippen molar-refractivity contribution in [1.82, 2.24) is 4.90 Å². The highest BCUT2D eigenvalue weighted by Crippen LogP contribution is 2.30. The van der Waals surface area contributed by atoms with Gasteiger partial charge in [-0.05, 0) is 36.7 Å². The van der Waals surface area contributed by atoms with Crippen molar-refractivity contribution in [2.75, 3.05) is 7.05 Å². The molecule has 1 aliphatic rings. The smallest absolute Gasteiger partial charge is 0.123 e. The second kappa shape index (κ2) is 6.51. The van der Waals surface area contributed by atoms with Crippen molar-refractivity contribution in [3.63, 3.8) is 0 Å². The van der Waals surface area contributed by atoms with E-state index in [9.17, 15) is 0 Å². The van der Waals surface area contributed by atoms with Crippen LogP contribution < -0.4 is 4.74 Å². The fourth-order valence-corrected chi connectivity index (χ4v) is 2.94. The van der Waals surface area contributed by atoms with Gasteiger partial charge in [0.25, 0.3) is 0 Å². The normalized spacial score (nSPS) is 18.1. The minimum atomic E-state index is 0.0979. The number of fused-ring (bicyclic) bond motifs is 1. The lowest BCUT2D eigenvalue weighted by Gasteiger charge is -2.29. The van der Waals surface area contributed by atoms with Crippen LogP contribution in [0.4, 0.5) is 0 Å². The molecule has 3 nitrogen and oxygen atoms in total. The summed E-state index contributed by atoms with van der Waals surface area (Å²) in [5.74, 6) is 1.03. The van der Waals surface area contributed by atoms with Crippen molar-refractivity contribution in [3.05, 3.63) is 65.2 Å². The molecule has 2 atom stereocenters. The van der Waals surface area contributed by atoms with E-state index >= 15 is 0 Å². The van der Waals surface area contributed by atoms with Crippen molar-refractivity contribution in [1.29, 1.82) is 0 Å². The average Bonchev–Trinajstić information content (AvgIpc) is 2.98. The third-order valence-corrected chi connectivity index (χ3v) is 4.54. The number of hydrogen-bond acceptors (Lipinski definition) is 3. The summed E-state index contributed by atoms with van der Waals surface area (Å²) < 4.78 is 6.09. The molecule has 116 valence electrons. The number of hydrogen-bond donors (Lipinski definition) is 1. The van der Waals surface area contributed by atoms with Crippen molar-refractivity contribution >= 4 is 0 Å². The van der Waals surface area contributed by atoms with Gasteiger partial charge >= 0.3 is 0 Å². The van der Waals surface area contributed by atoms with Crippen LogP contribution in [0.15, 0.2) is 48.5 Å². The maximum absolute atomic E-state index is 9.10. The third-order valence-electron chi connectivity index (χ3n) is 4.54. The summed E-state index contributed by atoms with van der Waals surface area (Å²) in [5, 5.41) is 9.10. The van der Waals surface area contributed by atoms with Crippen molar-refractivity contribution < 1.29 is 9.84 Å². The molecule has 2 unspecified atom stereocenters. The highest BCUT2D eigenvalue weighted by molar-refractivity contribution is 5.37. The Bertz CT molecular complexity index is 599. The Morgan fingerprint density at radius 1 is 1.14 bits per heavy atom. The number of aliphatic hydroxyl groups excluding tert-OH is 1. The van der Waals surface area contributed by atoms with Crippen LogP contribution in [-0.4, -0.2) is 29.2 Å². The van der Waals surface area contributed by atoms with Gasteiger partial charge in [-0.1, -0.05) is 42.5 Å². The second-order valence-electron chi connectivity index (χ2n) is 6.10. The molecule has 2 aromatic rings. The quantitative estimate of drug-likeness (QED) is 0.921. The van der Waals surface area contributed by atoms with E-state index in [1.54, 1.807) is 0 Å².